The third-order valence-corrected chi connectivity index (χ3v) is 5.18. The zero-order valence-electron chi connectivity index (χ0n) is 18.3. The standard InChI is InChI=1S/C19H16O.C12H10O/c1-3-7-16(8-4-1)15-20-19-13-11-18(12-14-19)17-9-5-2-6-10-17;13-12-8-6-11(7-9-12)10-4-2-1-3-5-10/h1-14H,15H2;1-9,13H. The normalized spacial score (nSPS) is 10.1. The molecule has 0 amide bonds. The zero-order chi connectivity index (χ0) is 22.7. The third-order valence-electron chi connectivity index (χ3n) is 5.18. The summed E-state index contributed by atoms with van der Waals surface area (Å²) in [5, 5.41) is 9.10. The highest BCUT2D eigenvalue weighted by Crippen LogP contribution is 2.23. The highest BCUT2D eigenvalue weighted by Gasteiger charge is 1.99. The molecule has 0 fully saturated rings. The summed E-state index contributed by atoms with van der Waals surface area (Å²) in [5.41, 5.74) is 5.90. The van der Waals surface area contributed by atoms with Crippen LogP contribution in [0.15, 0.2) is 140 Å². The first kappa shape index (κ1) is 21.9. The van der Waals surface area contributed by atoms with E-state index in [4.69, 9.17) is 9.84 Å². The quantitative estimate of drug-likeness (QED) is 0.306. The molecule has 0 aliphatic carbocycles. The molecule has 0 saturated carbocycles. The van der Waals surface area contributed by atoms with Crippen LogP contribution >= 0.6 is 0 Å². The van der Waals surface area contributed by atoms with E-state index in [0.717, 1.165) is 11.3 Å². The molecule has 0 atom stereocenters. The summed E-state index contributed by atoms with van der Waals surface area (Å²) < 4.78 is 5.78. The summed E-state index contributed by atoms with van der Waals surface area (Å²) in [6.07, 6.45) is 0. The maximum atomic E-state index is 9.10. The second-order valence-corrected chi connectivity index (χ2v) is 7.58. The summed E-state index contributed by atoms with van der Waals surface area (Å²) >= 11 is 0. The minimum atomic E-state index is 0.305. The van der Waals surface area contributed by atoms with E-state index in [0.29, 0.717) is 12.4 Å². The van der Waals surface area contributed by atoms with Gasteiger partial charge in [-0.3, -0.25) is 0 Å². The van der Waals surface area contributed by atoms with Gasteiger partial charge in [-0.2, -0.15) is 0 Å². The lowest BCUT2D eigenvalue weighted by molar-refractivity contribution is 0.306. The lowest BCUT2D eigenvalue weighted by Crippen LogP contribution is -1.94. The topological polar surface area (TPSA) is 29.5 Å². The summed E-state index contributed by atoms with van der Waals surface area (Å²) in [5.74, 6) is 1.20. The van der Waals surface area contributed by atoms with E-state index in [1.54, 1.807) is 12.1 Å². The van der Waals surface area contributed by atoms with E-state index >= 15 is 0 Å². The molecule has 0 aliphatic rings. The molecule has 33 heavy (non-hydrogen) atoms. The maximum absolute atomic E-state index is 9.10. The lowest BCUT2D eigenvalue weighted by Gasteiger charge is -2.07. The maximum Gasteiger partial charge on any atom is 0.119 e. The van der Waals surface area contributed by atoms with Crippen LogP contribution in [-0.4, -0.2) is 5.11 Å². The second kappa shape index (κ2) is 11.4. The molecule has 2 heteroatoms. The smallest absolute Gasteiger partial charge is 0.119 e. The monoisotopic (exact) mass is 430 g/mol. The van der Waals surface area contributed by atoms with Crippen LogP contribution in [0.1, 0.15) is 5.56 Å². The summed E-state index contributed by atoms with van der Waals surface area (Å²) in [7, 11) is 0. The fourth-order valence-electron chi connectivity index (χ4n) is 3.40. The molecule has 0 bridgehead atoms. The Hall–Kier alpha value is -4.30. The Morgan fingerprint density at radius 2 is 0.818 bits per heavy atom. The molecule has 0 heterocycles. The van der Waals surface area contributed by atoms with Gasteiger partial charge in [0.15, 0.2) is 0 Å². The van der Waals surface area contributed by atoms with Crippen LogP contribution in [0.3, 0.4) is 0 Å². The fourth-order valence-corrected chi connectivity index (χ4v) is 3.40. The van der Waals surface area contributed by atoms with E-state index in [1.807, 2.05) is 78.9 Å². The molecule has 0 aromatic heterocycles. The van der Waals surface area contributed by atoms with Crippen LogP contribution in [0.25, 0.3) is 22.3 Å². The number of phenolic OH excluding ortho intramolecular Hbond substituents is 1. The van der Waals surface area contributed by atoms with E-state index in [2.05, 4.69) is 48.5 Å². The van der Waals surface area contributed by atoms with Gasteiger partial charge in [-0.25, -0.2) is 0 Å². The number of aromatic hydroxyl groups is 1. The van der Waals surface area contributed by atoms with Crippen LogP contribution in [0.4, 0.5) is 0 Å². The predicted octanol–water partition coefficient (Wildman–Crippen LogP) is 7.99. The van der Waals surface area contributed by atoms with Gasteiger partial charge in [-0.05, 0) is 52.1 Å². The Morgan fingerprint density at radius 1 is 0.424 bits per heavy atom. The number of ether oxygens (including phenoxy) is 1. The molecule has 2 nitrogen and oxygen atoms in total. The molecule has 0 saturated heterocycles. The summed E-state index contributed by atoms with van der Waals surface area (Å²) in [4.78, 5) is 0. The van der Waals surface area contributed by atoms with Gasteiger partial charge in [0.25, 0.3) is 0 Å². The van der Waals surface area contributed by atoms with Gasteiger partial charge in [0, 0.05) is 0 Å². The molecule has 5 aromatic rings. The van der Waals surface area contributed by atoms with Gasteiger partial charge in [0.2, 0.25) is 0 Å². The average Bonchev–Trinajstić information content (AvgIpc) is 2.90. The van der Waals surface area contributed by atoms with Gasteiger partial charge >= 0.3 is 0 Å². The molecular formula is C31H26O2. The Labute approximate surface area is 195 Å². The van der Waals surface area contributed by atoms with E-state index in [9.17, 15) is 0 Å². The van der Waals surface area contributed by atoms with Crippen molar-refractivity contribution >= 4 is 0 Å². The van der Waals surface area contributed by atoms with Crippen molar-refractivity contribution in [3.05, 3.63) is 145 Å². The van der Waals surface area contributed by atoms with Crippen LogP contribution < -0.4 is 4.74 Å². The zero-order valence-corrected chi connectivity index (χ0v) is 18.3. The van der Waals surface area contributed by atoms with Crippen molar-refractivity contribution in [3.8, 4) is 33.8 Å². The van der Waals surface area contributed by atoms with Crippen LogP contribution in [-0.2, 0) is 6.61 Å². The van der Waals surface area contributed by atoms with Crippen molar-refractivity contribution in [1.82, 2.24) is 0 Å². The Balaban J connectivity index is 0.000000172. The van der Waals surface area contributed by atoms with Crippen molar-refractivity contribution < 1.29 is 9.84 Å². The first-order valence-electron chi connectivity index (χ1n) is 10.9. The van der Waals surface area contributed by atoms with Crippen molar-refractivity contribution in [2.45, 2.75) is 6.61 Å². The molecule has 5 aromatic carbocycles. The third kappa shape index (κ3) is 6.59. The number of hydrogen-bond donors (Lipinski definition) is 1. The van der Waals surface area contributed by atoms with E-state index in [1.165, 1.54) is 22.3 Å². The van der Waals surface area contributed by atoms with Crippen molar-refractivity contribution in [2.24, 2.45) is 0 Å². The van der Waals surface area contributed by atoms with Crippen LogP contribution in [0, 0.1) is 0 Å². The Kier molecular flexibility index (Phi) is 7.54. The largest absolute Gasteiger partial charge is 0.508 e. The molecular weight excluding hydrogens is 404 g/mol. The first-order valence-corrected chi connectivity index (χ1v) is 10.9. The number of rotatable bonds is 5. The molecule has 1 N–H and O–H groups in total. The van der Waals surface area contributed by atoms with E-state index < -0.39 is 0 Å². The predicted molar refractivity (Wildman–Crippen MR) is 136 cm³/mol. The van der Waals surface area contributed by atoms with Crippen molar-refractivity contribution in [2.75, 3.05) is 0 Å². The molecule has 0 aliphatic heterocycles. The molecule has 5 rings (SSSR count). The average molecular weight is 431 g/mol. The van der Waals surface area contributed by atoms with Gasteiger partial charge < -0.3 is 9.84 Å². The number of hydrogen-bond acceptors (Lipinski definition) is 2. The van der Waals surface area contributed by atoms with E-state index in [-0.39, 0.29) is 0 Å². The first-order chi connectivity index (χ1) is 16.3. The molecule has 0 radical (unpaired) electrons. The molecule has 0 spiro atoms. The van der Waals surface area contributed by atoms with Crippen LogP contribution in [0.5, 0.6) is 11.5 Å². The van der Waals surface area contributed by atoms with Crippen molar-refractivity contribution in [1.29, 1.82) is 0 Å². The summed E-state index contributed by atoms with van der Waals surface area (Å²) in [6, 6.07) is 46.1. The minimum absolute atomic E-state index is 0.305. The fraction of sp³-hybridized carbons (Fsp3) is 0.0323. The highest BCUT2D eigenvalue weighted by molar-refractivity contribution is 5.64. The number of phenols is 1. The number of benzene rings is 5. The molecule has 162 valence electrons. The lowest BCUT2D eigenvalue weighted by atomic mass is 10.1. The van der Waals surface area contributed by atoms with Gasteiger partial charge in [-0.15, -0.1) is 0 Å². The minimum Gasteiger partial charge on any atom is -0.508 e. The molecule has 0 unspecified atom stereocenters. The summed E-state index contributed by atoms with van der Waals surface area (Å²) in [6.45, 7) is 0.603. The second-order valence-electron chi connectivity index (χ2n) is 7.58. The van der Waals surface area contributed by atoms with Crippen molar-refractivity contribution in [3.63, 3.8) is 0 Å². The van der Waals surface area contributed by atoms with Gasteiger partial charge in [-0.1, -0.05) is 115 Å². The SMILES string of the molecule is Oc1ccc(-c2ccccc2)cc1.c1ccc(COc2ccc(-c3ccccc3)cc2)cc1. The highest BCUT2D eigenvalue weighted by atomic mass is 16.5. The van der Waals surface area contributed by atoms with Gasteiger partial charge in [0.1, 0.15) is 18.1 Å². The Bertz CT molecular complexity index is 1220. The Morgan fingerprint density at radius 3 is 1.30 bits per heavy atom. The van der Waals surface area contributed by atoms with Crippen LogP contribution in [0.2, 0.25) is 0 Å². The van der Waals surface area contributed by atoms with Gasteiger partial charge in [0.05, 0.1) is 0 Å².